The van der Waals surface area contributed by atoms with Gasteiger partial charge in [0, 0.05) is 12.0 Å². The summed E-state index contributed by atoms with van der Waals surface area (Å²) in [7, 11) is 0. The van der Waals surface area contributed by atoms with Gasteiger partial charge in [0.05, 0.1) is 11.0 Å². The van der Waals surface area contributed by atoms with Crippen LogP contribution in [0, 0.1) is 5.92 Å². The van der Waals surface area contributed by atoms with Crippen LogP contribution >= 0.6 is 0 Å². The maximum atomic E-state index is 12.7. The van der Waals surface area contributed by atoms with Gasteiger partial charge in [-0.15, -0.1) is 0 Å². The topological polar surface area (TPSA) is 102 Å². The number of esters is 2. The maximum Gasteiger partial charge on any atom is 0.352 e. The van der Waals surface area contributed by atoms with E-state index in [1.807, 2.05) is 13.0 Å². The van der Waals surface area contributed by atoms with Gasteiger partial charge in [-0.2, -0.15) is 0 Å². The molecule has 0 amide bonds. The number of phenols is 1. The molecule has 2 bridgehead atoms. The molecule has 5 atom stereocenters. The van der Waals surface area contributed by atoms with Gasteiger partial charge in [0.1, 0.15) is 5.76 Å². The summed E-state index contributed by atoms with van der Waals surface area (Å²) in [6, 6.07) is 3.55. The van der Waals surface area contributed by atoms with Crippen LogP contribution in [0.25, 0.3) is 0 Å². The third-order valence-corrected chi connectivity index (χ3v) is 7.58. The molecule has 3 aliphatic carbocycles. The number of carbonyl (C=O) groups is 2. The zero-order valence-corrected chi connectivity index (χ0v) is 17.8. The first-order chi connectivity index (χ1) is 14.8. The van der Waals surface area contributed by atoms with Crippen LogP contribution in [-0.2, 0) is 30.9 Å². The number of ether oxygens (including phenoxy) is 3. The van der Waals surface area contributed by atoms with Crippen LogP contribution in [0.4, 0.5) is 0 Å². The normalized spacial score (nSPS) is 32.9. The zero-order chi connectivity index (χ0) is 22.0. The number of aromatic hydroxyl groups is 1. The quantitative estimate of drug-likeness (QED) is 0.695. The van der Waals surface area contributed by atoms with Gasteiger partial charge in [-0.05, 0) is 62.7 Å². The minimum atomic E-state index is -1.04. The zero-order valence-electron chi connectivity index (χ0n) is 17.8. The summed E-state index contributed by atoms with van der Waals surface area (Å²) in [6.45, 7) is 3.34. The number of hydrogen-bond acceptors (Lipinski definition) is 7. The van der Waals surface area contributed by atoms with Crippen molar-refractivity contribution in [3.05, 3.63) is 35.1 Å². The molecule has 2 N–H and O–H groups in total. The fourth-order valence-corrected chi connectivity index (χ4v) is 6.24. The van der Waals surface area contributed by atoms with E-state index in [2.05, 4.69) is 0 Å². The van der Waals surface area contributed by atoms with Crippen LogP contribution < -0.4 is 4.74 Å². The fraction of sp³-hybridized carbons (Fsp3) is 0.583. The Hall–Kier alpha value is -2.54. The van der Waals surface area contributed by atoms with Crippen molar-refractivity contribution in [2.75, 3.05) is 0 Å². The molecule has 0 saturated heterocycles. The monoisotopic (exact) mass is 428 g/mol. The molecule has 1 aromatic rings. The van der Waals surface area contributed by atoms with E-state index in [9.17, 15) is 19.8 Å². The second-order valence-electron chi connectivity index (χ2n) is 9.25. The summed E-state index contributed by atoms with van der Waals surface area (Å²) in [6.07, 6.45) is 4.47. The Kier molecular flexibility index (Phi) is 4.59. The highest BCUT2D eigenvalue weighted by Crippen LogP contribution is 2.67. The molecule has 166 valence electrons. The lowest BCUT2D eigenvalue weighted by Crippen LogP contribution is -2.67. The summed E-state index contributed by atoms with van der Waals surface area (Å²) in [5, 5.41) is 22.4. The summed E-state index contributed by atoms with van der Waals surface area (Å²) in [5.41, 5.74) is 0.167. The van der Waals surface area contributed by atoms with Crippen LogP contribution in [-0.4, -0.2) is 40.0 Å². The van der Waals surface area contributed by atoms with Gasteiger partial charge < -0.3 is 24.4 Å². The molecule has 0 aromatic heterocycles. The first-order valence-electron chi connectivity index (χ1n) is 11.2. The van der Waals surface area contributed by atoms with E-state index in [1.54, 1.807) is 12.1 Å². The van der Waals surface area contributed by atoms with Gasteiger partial charge in [-0.25, -0.2) is 4.79 Å². The molecule has 1 heterocycles. The van der Waals surface area contributed by atoms with E-state index >= 15 is 0 Å². The van der Waals surface area contributed by atoms with Crippen molar-refractivity contribution in [1.82, 2.24) is 0 Å². The number of phenolic OH excluding ortho intramolecular Hbond substituents is 1. The number of rotatable bonds is 5. The largest absolute Gasteiger partial charge is 0.504 e. The second kappa shape index (κ2) is 6.99. The molecule has 0 unspecified atom stereocenters. The summed E-state index contributed by atoms with van der Waals surface area (Å²) >= 11 is 0. The molecular formula is C24H28O7. The molecule has 7 nitrogen and oxygen atoms in total. The van der Waals surface area contributed by atoms with Crippen molar-refractivity contribution >= 4 is 11.9 Å². The van der Waals surface area contributed by atoms with Crippen LogP contribution in [0.2, 0.25) is 0 Å². The molecule has 1 saturated carbocycles. The molecule has 1 aliphatic heterocycles. The van der Waals surface area contributed by atoms with E-state index in [1.165, 1.54) is 6.92 Å². The molecule has 7 heteroatoms. The van der Waals surface area contributed by atoms with Crippen molar-refractivity contribution in [3.63, 3.8) is 0 Å². The van der Waals surface area contributed by atoms with Gasteiger partial charge in [-0.3, -0.25) is 4.79 Å². The van der Waals surface area contributed by atoms with Crippen molar-refractivity contribution in [3.8, 4) is 11.5 Å². The van der Waals surface area contributed by atoms with E-state index in [4.69, 9.17) is 14.2 Å². The SMILES string of the molecule is CCCC(=O)O[C@@H](C)C(=O)OC1=CC[C@@]2(O)[C@@H]3CCC[C@@]24c2c(ccc(O)c2O[C@@H]14)C3. The highest BCUT2D eigenvalue weighted by molar-refractivity contribution is 5.80. The summed E-state index contributed by atoms with van der Waals surface area (Å²) < 4.78 is 17.1. The number of hydrogen-bond donors (Lipinski definition) is 2. The number of benzene rings is 1. The predicted molar refractivity (Wildman–Crippen MR) is 109 cm³/mol. The first-order valence-corrected chi connectivity index (χ1v) is 11.2. The second-order valence-corrected chi connectivity index (χ2v) is 9.25. The van der Waals surface area contributed by atoms with Crippen LogP contribution in [0.15, 0.2) is 24.0 Å². The van der Waals surface area contributed by atoms with Crippen molar-refractivity contribution in [2.45, 2.75) is 82.0 Å². The Bertz CT molecular complexity index is 982. The lowest BCUT2D eigenvalue weighted by molar-refractivity contribution is -0.171. The van der Waals surface area contributed by atoms with E-state index < -0.39 is 35.2 Å². The van der Waals surface area contributed by atoms with E-state index in [0.29, 0.717) is 30.8 Å². The molecule has 1 fully saturated rings. The molecule has 5 rings (SSSR count). The maximum absolute atomic E-state index is 12.7. The highest BCUT2D eigenvalue weighted by Gasteiger charge is 2.70. The third-order valence-electron chi connectivity index (χ3n) is 7.58. The Morgan fingerprint density at radius 2 is 2.16 bits per heavy atom. The van der Waals surface area contributed by atoms with Crippen molar-refractivity contribution in [2.24, 2.45) is 5.92 Å². The van der Waals surface area contributed by atoms with Gasteiger partial charge in [-0.1, -0.05) is 19.4 Å². The van der Waals surface area contributed by atoms with Crippen molar-refractivity contribution < 1.29 is 34.0 Å². The molecule has 1 spiro atoms. The third kappa shape index (κ3) is 2.68. The summed E-state index contributed by atoms with van der Waals surface area (Å²) in [4.78, 5) is 24.4. The first kappa shape index (κ1) is 20.4. The predicted octanol–water partition coefficient (Wildman–Crippen LogP) is 3.04. The van der Waals surface area contributed by atoms with Gasteiger partial charge in [0.2, 0.25) is 0 Å². The molecule has 0 radical (unpaired) electrons. The smallest absolute Gasteiger partial charge is 0.352 e. The van der Waals surface area contributed by atoms with E-state index in [-0.39, 0.29) is 18.1 Å². The van der Waals surface area contributed by atoms with Gasteiger partial charge in [0.25, 0.3) is 0 Å². The highest BCUT2D eigenvalue weighted by atomic mass is 16.6. The van der Waals surface area contributed by atoms with Crippen LogP contribution in [0.5, 0.6) is 11.5 Å². The minimum absolute atomic E-state index is 0.0291. The Balaban J connectivity index is 1.50. The minimum Gasteiger partial charge on any atom is -0.504 e. The van der Waals surface area contributed by atoms with Crippen LogP contribution in [0.3, 0.4) is 0 Å². The standard InChI is InChI=1S/C24H28O7/c1-3-5-18(26)29-13(2)22(27)30-17-9-11-24(28)15-6-4-10-23(24)19-14(12-15)7-8-16(25)20(19)31-21(17)23/h7-9,13,15,21,25,28H,3-6,10-12H2,1-2H3/t13-,15+,21-,23-,24+/m0/s1. The lowest BCUT2D eigenvalue weighted by atomic mass is 9.47. The lowest BCUT2D eigenvalue weighted by Gasteiger charge is -2.59. The average molecular weight is 428 g/mol. The fourth-order valence-electron chi connectivity index (χ4n) is 6.24. The van der Waals surface area contributed by atoms with Crippen LogP contribution in [0.1, 0.15) is 63.5 Å². The number of aliphatic hydroxyl groups is 1. The van der Waals surface area contributed by atoms with Gasteiger partial charge >= 0.3 is 11.9 Å². The van der Waals surface area contributed by atoms with E-state index in [0.717, 1.165) is 30.4 Å². The number of carbonyl (C=O) groups excluding carboxylic acids is 2. The Morgan fingerprint density at radius 1 is 1.35 bits per heavy atom. The Labute approximate surface area is 181 Å². The Morgan fingerprint density at radius 3 is 2.94 bits per heavy atom. The summed E-state index contributed by atoms with van der Waals surface area (Å²) in [5.74, 6) is -0.312. The average Bonchev–Trinajstić information content (AvgIpc) is 3.07. The van der Waals surface area contributed by atoms with Crippen molar-refractivity contribution in [1.29, 1.82) is 0 Å². The molecule has 1 aromatic carbocycles. The molecular weight excluding hydrogens is 400 g/mol. The molecule has 4 aliphatic rings. The molecule has 31 heavy (non-hydrogen) atoms. The van der Waals surface area contributed by atoms with Gasteiger partial charge in [0.15, 0.2) is 23.7 Å².